The largest absolute Gasteiger partial charge is 0.461 e. The van der Waals surface area contributed by atoms with Crippen molar-refractivity contribution in [2.24, 2.45) is 0 Å². The predicted molar refractivity (Wildman–Crippen MR) is 96.7 cm³/mol. The molecule has 2 aromatic heterocycles. The molecule has 4 rings (SSSR count). The number of rotatable bonds is 4. The van der Waals surface area contributed by atoms with E-state index in [9.17, 15) is 4.79 Å². The highest BCUT2D eigenvalue weighted by Crippen LogP contribution is 2.29. The minimum atomic E-state index is -0.113. The number of benzene rings is 1. The number of amides is 1. The molecule has 0 saturated heterocycles. The first kappa shape index (κ1) is 16.1. The summed E-state index contributed by atoms with van der Waals surface area (Å²) in [7, 11) is 0. The van der Waals surface area contributed by atoms with Crippen LogP contribution in [0, 0.1) is 0 Å². The van der Waals surface area contributed by atoms with E-state index in [4.69, 9.17) is 4.74 Å². The number of nitrogens with one attached hydrogen (secondary N) is 1. The van der Waals surface area contributed by atoms with Crippen LogP contribution in [-0.4, -0.2) is 20.4 Å². The molecule has 1 aliphatic rings. The van der Waals surface area contributed by atoms with E-state index < -0.39 is 0 Å². The number of hydrogen-bond donors (Lipinski definition) is 1. The molecule has 1 amide bonds. The molecular weight excluding hydrogens is 328 g/mol. The van der Waals surface area contributed by atoms with Crippen LogP contribution in [0.5, 0.6) is 5.75 Å². The van der Waals surface area contributed by atoms with Crippen LogP contribution in [0.3, 0.4) is 0 Å². The highest BCUT2D eigenvalue weighted by molar-refractivity contribution is 5.94. The molecule has 0 atom stereocenters. The maximum atomic E-state index is 12.6. The summed E-state index contributed by atoms with van der Waals surface area (Å²) in [5.74, 6) is 2.12. The summed E-state index contributed by atoms with van der Waals surface area (Å²) in [5.41, 5.74) is 2.65. The zero-order valence-corrected chi connectivity index (χ0v) is 14.3. The maximum absolute atomic E-state index is 12.6. The molecule has 0 saturated carbocycles. The lowest BCUT2D eigenvalue weighted by Gasteiger charge is -2.21. The fraction of sp³-hybridized carbons (Fsp3) is 0.150. The highest BCUT2D eigenvalue weighted by atomic mass is 16.5. The van der Waals surface area contributed by atoms with Crippen LogP contribution in [0.2, 0.25) is 0 Å². The Morgan fingerprint density at radius 3 is 3.00 bits per heavy atom. The average molecular weight is 346 g/mol. The zero-order chi connectivity index (χ0) is 17.9. The molecule has 0 spiro atoms. The van der Waals surface area contributed by atoms with Gasteiger partial charge >= 0.3 is 0 Å². The van der Waals surface area contributed by atoms with E-state index in [0.717, 1.165) is 22.7 Å². The molecule has 1 aliphatic heterocycles. The monoisotopic (exact) mass is 346 g/mol. The molecule has 0 fully saturated rings. The van der Waals surface area contributed by atoms with Gasteiger partial charge in [0.25, 0.3) is 5.91 Å². The summed E-state index contributed by atoms with van der Waals surface area (Å²) in [5, 5.41) is 2.97. The summed E-state index contributed by atoms with van der Waals surface area (Å²) in [6.45, 7) is 2.25. The molecule has 130 valence electrons. The maximum Gasteiger partial charge on any atom is 0.251 e. The quantitative estimate of drug-likeness (QED) is 0.789. The van der Waals surface area contributed by atoms with Crippen molar-refractivity contribution in [1.29, 1.82) is 0 Å². The Morgan fingerprint density at radius 2 is 2.15 bits per heavy atom. The summed E-state index contributed by atoms with van der Waals surface area (Å²) < 4.78 is 7.61. The lowest BCUT2D eigenvalue weighted by molar-refractivity contribution is -0.118. The van der Waals surface area contributed by atoms with E-state index in [0.29, 0.717) is 24.3 Å². The van der Waals surface area contributed by atoms with Crippen molar-refractivity contribution in [2.75, 3.05) is 0 Å². The molecule has 0 radical (unpaired) electrons. The number of carbonyl (C=O) groups is 1. The van der Waals surface area contributed by atoms with Gasteiger partial charge in [0.05, 0.1) is 5.57 Å². The molecule has 0 unspecified atom stereocenters. The van der Waals surface area contributed by atoms with Gasteiger partial charge in [0.15, 0.2) is 0 Å². The molecule has 1 N–H and O–H groups in total. The minimum Gasteiger partial charge on any atom is -0.461 e. The normalized spacial score (nSPS) is 13.1. The number of hydrogen-bond acceptors (Lipinski definition) is 4. The van der Waals surface area contributed by atoms with Crippen molar-refractivity contribution in [1.82, 2.24) is 19.9 Å². The van der Waals surface area contributed by atoms with Gasteiger partial charge in [0.2, 0.25) is 0 Å². The topological polar surface area (TPSA) is 69.0 Å². The fourth-order valence-electron chi connectivity index (χ4n) is 2.93. The standard InChI is InChI=1S/C20H18N4O2/c1-14-17(11-16-4-2-3-5-18(16)26-14)20(25)23-12-15-6-7-22-19(10-15)24-9-8-21-13-24/h2-10,13H,11-12H2,1H3,(H,23,25). The smallest absolute Gasteiger partial charge is 0.251 e. The molecular formula is C20H18N4O2. The van der Waals surface area contributed by atoms with E-state index in [1.54, 1.807) is 18.7 Å². The van der Waals surface area contributed by atoms with Crippen LogP contribution in [0.4, 0.5) is 0 Å². The Bertz CT molecular complexity index is 977. The van der Waals surface area contributed by atoms with E-state index in [1.807, 2.05) is 54.1 Å². The highest BCUT2D eigenvalue weighted by Gasteiger charge is 2.21. The van der Waals surface area contributed by atoms with Gasteiger partial charge < -0.3 is 10.1 Å². The molecule has 0 aliphatic carbocycles. The van der Waals surface area contributed by atoms with Crippen molar-refractivity contribution in [3.05, 3.63) is 83.8 Å². The lowest BCUT2D eigenvalue weighted by Crippen LogP contribution is -2.28. The third-order valence-corrected chi connectivity index (χ3v) is 4.33. The average Bonchev–Trinajstić information content (AvgIpc) is 3.20. The Kier molecular flexibility index (Phi) is 4.23. The molecule has 0 bridgehead atoms. The second-order valence-electron chi connectivity index (χ2n) is 6.10. The van der Waals surface area contributed by atoms with Gasteiger partial charge in [-0.1, -0.05) is 18.2 Å². The third-order valence-electron chi connectivity index (χ3n) is 4.33. The minimum absolute atomic E-state index is 0.113. The number of imidazole rings is 1. The lowest BCUT2D eigenvalue weighted by atomic mass is 10.00. The molecule has 26 heavy (non-hydrogen) atoms. The number of nitrogens with zero attached hydrogens (tertiary/aromatic N) is 3. The fourth-order valence-corrected chi connectivity index (χ4v) is 2.93. The van der Waals surface area contributed by atoms with Crippen LogP contribution in [0.15, 0.2) is 72.6 Å². The first-order chi connectivity index (χ1) is 12.7. The number of para-hydroxylation sites is 1. The Morgan fingerprint density at radius 1 is 1.27 bits per heavy atom. The van der Waals surface area contributed by atoms with Crippen LogP contribution in [-0.2, 0) is 17.8 Å². The summed E-state index contributed by atoms with van der Waals surface area (Å²) in [4.78, 5) is 21.0. The number of aromatic nitrogens is 3. The molecule has 6 heteroatoms. The van der Waals surface area contributed by atoms with Crippen molar-refractivity contribution in [3.63, 3.8) is 0 Å². The van der Waals surface area contributed by atoms with Gasteiger partial charge in [-0.15, -0.1) is 0 Å². The third kappa shape index (κ3) is 3.21. The van der Waals surface area contributed by atoms with Gasteiger partial charge in [-0.3, -0.25) is 9.36 Å². The molecule has 3 heterocycles. The van der Waals surface area contributed by atoms with Crippen LogP contribution in [0.1, 0.15) is 18.1 Å². The Hall–Kier alpha value is -3.41. The van der Waals surface area contributed by atoms with Crippen LogP contribution < -0.4 is 10.1 Å². The number of carbonyl (C=O) groups excluding carboxylic acids is 1. The number of ether oxygens (including phenoxy) is 1. The first-order valence-corrected chi connectivity index (χ1v) is 8.37. The predicted octanol–water partition coefficient (Wildman–Crippen LogP) is 2.79. The molecule has 1 aromatic carbocycles. The summed E-state index contributed by atoms with van der Waals surface area (Å²) >= 11 is 0. The Balaban J connectivity index is 1.45. The summed E-state index contributed by atoms with van der Waals surface area (Å²) in [6, 6.07) is 11.6. The van der Waals surface area contributed by atoms with E-state index in [1.165, 1.54) is 0 Å². The Labute approximate surface area is 151 Å². The van der Waals surface area contributed by atoms with Gasteiger partial charge in [0.1, 0.15) is 23.7 Å². The van der Waals surface area contributed by atoms with Gasteiger partial charge in [-0.05, 0) is 36.2 Å². The molecule has 3 aromatic rings. The van der Waals surface area contributed by atoms with Crippen molar-refractivity contribution in [2.45, 2.75) is 19.9 Å². The summed E-state index contributed by atoms with van der Waals surface area (Å²) in [6.07, 6.45) is 7.52. The van der Waals surface area contributed by atoms with Crippen molar-refractivity contribution in [3.8, 4) is 11.6 Å². The second-order valence-corrected chi connectivity index (χ2v) is 6.10. The molecule has 6 nitrogen and oxygen atoms in total. The number of pyridine rings is 1. The van der Waals surface area contributed by atoms with Crippen molar-refractivity contribution >= 4 is 5.91 Å². The number of allylic oxidation sites excluding steroid dienone is 1. The zero-order valence-electron chi connectivity index (χ0n) is 14.3. The second kappa shape index (κ2) is 6.84. The van der Waals surface area contributed by atoms with Crippen LogP contribution in [0.25, 0.3) is 5.82 Å². The van der Waals surface area contributed by atoms with Gasteiger partial charge in [-0.25, -0.2) is 9.97 Å². The first-order valence-electron chi connectivity index (χ1n) is 8.37. The van der Waals surface area contributed by atoms with E-state index in [-0.39, 0.29) is 5.91 Å². The van der Waals surface area contributed by atoms with E-state index >= 15 is 0 Å². The van der Waals surface area contributed by atoms with Gasteiger partial charge in [0, 0.05) is 31.6 Å². The SMILES string of the molecule is CC1=C(C(=O)NCc2ccnc(-n3ccnc3)c2)Cc2ccccc2O1. The number of fused-ring (bicyclic) bond motifs is 1. The van der Waals surface area contributed by atoms with Gasteiger partial charge in [-0.2, -0.15) is 0 Å². The van der Waals surface area contributed by atoms with Crippen molar-refractivity contribution < 1.29 is 9.53 Å². The van der Waals surface area contributed by atoms with Crippen LogP contribution >= 0.6 is 0 Å². The van der Waals surface area contributed by atoms with E-state index in [2.05, 4.69) is 15.3 Å².